The molecule has 1 saturated carbocycles. The van der Waals surface area contributed by atoms with Crippen LogP contribution in [0, 0.1) is 11.9 Å². The number of fused-ring (bicyclic) bond motifs is 1. The lowest BCUT2D eigenvalue weighted by atomic mass is 10.00. The van der Waals surface area contributed by atoms with Gasteiger partial charge in [0.2, 0.25) is 0 Å². The molecule has 0 saturated heterocycles. The van der Waals surface area contributed by atoms with Gasteiger partial charge in [0.15, 0.2) is 0 Å². The van der Waals surface area contributed by atoms with Crippen molar-refractivity contribution in [2.75, 3.05) is 5.32 Å². The van der Waals surface area contributed by atoms with Crippen molar-refractivity contribution in [1.82, 2.24) is 0 Å². The lowest BCUT2D eigenvalue weighted by Crippen LogP contribution is -2.12. The largest absolute Gasteiger partial charge is 0.321 e. The maximum atomic E-state index is 13.0. The summed E-state index contributed by atoms with van der Waals surface area (Å²) in [6.07, 6.45) is 2.46. The van der Waals surface area contributed by atoms with E-state index in [1.807, 2.05) is 18.2 Å². The monoisotopic (exact) mass is 304 g/mol. The van der Waals surface area contributed by atoms with Crippen molar-refractivity contribution < 1.29 is 9.18 Å². The number of amides is 1. The molecule has 0 unspecified atom stereocenters. The molecule has 0 spiro atoms. The molecule has 0 heterocycles. The molecule has 1 aliphatic carbocycles. The Kier molecular flexibility index (Phi) is 3.34. The average Bonchev–Trinajstić information content (AvgIpc) is 3.40. The molecule has 0 atom stereocenters. The number of carbonyl (C=O) groups is 1. The summed E-state index contributed by atoms with van der Waals surface area (Å²) in [7, 11) is 0. The Balaban J connectivity index is 1.70. The van der Waals surface area contributed by atoms with Gasteiger partial charge in [-0.05, 0) is 54.0 Å². The third kappa shape index (κ3) is 2.70. The Hall–Kier alpha value is -2.68. The van der Waals surface area contributed by atoms with Gasteiger partial charge in [0, 0.05) is 17.0 Å². The van der Waals surface area contributed by atoms with Crippen LogP contribution < -0.4 is 5.32 Å². The minimum absolute atomic E-state index is 0.259. The Bertz CT molecular complexity index is 882. The minimum atomic E-state index is -0.354. The maximum absolute atomic E-state index is 13.0. The van der Waals surface area contributed by atoms with Crippen LogP contribution in [0.2, 0.25) is 0 Å². The molecule has 113 valence electrons. The van der Waals surface area contributed by atoms with E-state index >= 15 is 0 Å². The van der Waals surface area contributed by atoms with Crippen molar-refractivity contribution >= 4 is 22.4 Å². The molecular formula is C20H15FNO. The summed E-state index contributed by atoms with van der Waals surface area (Å²) in [5, 5.41) is 5.05. The van der Waals surface area contributed by atoms with Crippen molar-refractivity contribution in [3.63, 3.8) is 0 Å². The number of hydrogen-bond acceptors (Lipinski definition) is 1. The van der Waals surface area contributed by atoms with Gasteiger partial charge in [0.05, 0.1) is 5.69 Å². The van der Waals surface area contributed by atoms with E-state index in [-0.39, 0.29) is 11.7 Å². The van der Waals surface area contributed by atoms with Crippen LogP contribution in [0.15, 0.2) is 54.6 Å². The van der Waals surface area contributed by atoms with Gasteiger partial charge in [0.25, 0.3) is 5.91 Å². The van der Waals surface area contributed by atoms with Crippen LogP contribution in [-0.2, 0) is 0 Å². The summed E-state index contributed by atoms with van der Waals surface area (Å²) in [6.45, 7) is 0. The van der Waals surface area contributed by atoms with Crippen molar-refractivity contribution in [2.24, 2.45) is 0 Å². The minimum Gasteiger partial charge on any atom is -0.321 e. The molecule has 3 aromatic rings. The van der Waals surface area contributed by atoms with Gasteiger partial charge >= 0.3 is 0 Å². The molecule has 1 aliphatic rings. The van der Waals surface area contributed by atoms with Crippen LogP contribution >= 0.6 is 0 Å². The van der Waals surface area contributed by atoms with E-state index in [9.17, 15) is 9.18 Å². The van der Waals surface area contributed by atoms with E-state index in [2.05, 4.69) is 23.5 Å². The SMILES string of the molecule is O=C(Nc1[c]ccc2c(C3CC3)cccc12)c1ccc(F)cc1. The first-order chi connectivity index (χ1) is 11.2. The highest BCUT2D eigenvalue weighted by atomic mass is 19.1. The van der Waals surface area contributed by atoms with Crippen LogP contribution in [-0.4, -0.2) is 5.91 Å². The molecule has 1 amide bonds. The Morgan fingerprint density at radius 3 is 2.57 bits per heavy atom. The van der Waals surface area contributed by atoms with Crippen LogP contribution in [0.3, 0.4) is 0 Å². The number of benzene rings is 3. The molecule has 1 N–H and O–H groups in total. The quantitative estimate of drug-likeness (QED) is 0.732. The van der Waals surface area contributed by atoms with Gasteiger partial charge in [-0.3, -0.25) is 4.79 Å². The average molecular weight is 304 g/mol. The molecular weight excluding hydrogens is 289 g/mol. The van der Waals surface area contributed by atoms with E-state index in [0.29, 0.717) is 17.2 Å². The zero-order valence-corrected chi connectivity index (χ0v) is 12.5. The fraction of sp³-hybridized carbons (Fsp3) is 0.150. The van der Waals surface area contributed by atoms with Gasteiger partial charge in [-0.25, -0.2) is 4.39 Å². The number of carbonyl (C=O) groups excluding carboxylic acids is 1. The first-order valence-corrected chi connectivity index (χ1v) is 7.72. The highest BCUT2D eigenvalue weighted by Gasteiger charge is 2.25. The summed E-state index contributed by atoms with van der Waals surface area (Å²) in [6, 6.07) is 18.7. The zero-order valence-electron chi connectivity index (χ0n) is 12.5. The third-order valence-electron chi connectivity index (χ3n) is 4.25. The summed E-state index contributed by atoms with van der Waals surface area (Å²) < 4.78 is 13.0. The summed E-state index contributed by atoms with van der Waals surface area (Å²) >= 11 is 0. The lowest BCUT2D eigenvalue weighted by molar-refractivity contribution is 0.102. The third-order valence-corrected chi connectivity index (χ3v) is 4.25. The van der Waals surface area contributed by atoms with Gasteiger partial charge in [-0.2, -0.15) is 0 Å². The first kappa shape index (κ1) is 13.9. The smallest absolute Gasteiger partial charge is 0.255 e. The van der Waals surface area contributed by atoms with Crippen LogP contribution in [0.5, 0.6) is 0 Å². The number of nitrogens with one attached hydrogen (secondary N) is 1. The van der Waals surface area contributed by atoms with E-state index in [0.717, 1.165) is 5.39 Å². The van der Waals surface area contributed by atoms with Gasteiger partial charge in [-0.15, -0.1) is 0 Å². The van der Waals surface area contributed by atoms with Gasteiger partial charge in [-0.1, -0.05) is 30.3 Å². The number of anilines is 1. The van der Waals surface area contributed by atoms with E-state index < -0.39 is 0 Å². The summed E-state index contributed by atoms with van der Waals surface area (Å²) in [4.78, 5) is 12.3. The fourth-order valence-electron chi connectivity index (χ4n) is 2.91. The van der Waals surface area contributed by atoms with Crippen LogP contribution in [0.25, 0.3) is 10.8 Å². The predicted octanol–water partition coefficient (Wildman–Crippen LogP) is 4.91. The highest BCUT2D eigenvalue weighted by Crippen LogP contribution is 2.43. The maximum Gasteiger partial charge on any atom is 0.255 e. The standard InChI is InChI=1S/C20H15FNO/c21-15-11-9-14(10-12-15)20(23)22-19-6-2-4-17-16(13-7-8-13)3-1-5-18(17)19/h1-5,9-13H,7-8H2,(H,22,23). The number of halogens is 1. The first-order valence-electron chi connectivity index (χ1n) is 7.72. The van der Waals surface area contributed by atoms with E-state index in [1.54, 1.807) is 0 Å². The molecule has 3 aromatic carbocycles. The van der Waals surface area contributed by atoms with Gasteiger partial charge in [0.1, 0.15) is 5.82 Å². The Morgan fingerprint density at radius 2 is 1.83 bits per heavy atom. The molecule has 1 radical (unpaired) electrons. The van der Waals surface area contributed by atoms with Crippen molar-refractivity contribution in [3.8, 4) is 0 Å². The predicted molar refractivity (Wildman–Crippen MR) is 89.1 cm³/mol. The van der Waals surface area contributed by atoms with E-state index in [1.165, 1.54) is 48.1 Å². The molecule has 1 fully saturated rings. The normalized spacial score (nSPS) is 14.0. The van der Waals surface area contributed by atoms with Crippen molar-refractivity contribution in [3.05, 3.63) is 77.6 Å². The zero-order chi connectivity index (χ0) is 15.8. The van der Waals surface area contributed by atoms with E-state index in [4.69, 9.17) is 0 Å². The number of rotatable bonds is 3. The molecule has 4 rings (SSSR count). The van der Waals surface area contributed by atoms with Crippen LogP contribution in [0.1, 0.15) is 34.7 Å². The second-order valence-corrected chi connectivity index (χ2v) is 5.90. The molecule has 2 nitrogen and oxygen atoms in total. The molecule has 0 bridgehead atoms. The fourth-order valence-corrected chi connectivity index (χ4v) is 2.91. The second-order valence-electron chi connectivity index (χ2n) is 5.90. The molecule has 0 aliphatic heterocycles. The van der Waals surface area contributed by atoms with Gasteiger partial charge < -0.3 is 5.32 Å². The second kappa shape index (κ2) is 5.51. The number of hydrogen-bond donors (Lipinski definition) is 1. The summed E-state index contributed by atoms with van der Waals surface area (Å²) in [5.74, 6) is 0.0275. The molecule has 23 heavy (non-hydrogen) atoms. The summed E-state index contributed by atoms with van der Waals surface area (Å²) in [5.41, 5.74) is 2.43. The van der Waals surface area contributed by atoms with Crippen molar-refractivity contribution in [1.29, 1.82) is 0 Å². The topological polar surface area (TPSA) is 29.1 Å². The highest BCUT2D eigenvalue weighted by molar-refractivity contribution is 6.09. The molecule has 0 aromatic heterocycles. The lowest BCUT2D eigenvalue weighted by Gasteiger charge is -2.11. The van der Waals surface area contributed by atoms with Crippen LogP contribution in [0.4, 0.5) is 10.1 Å². The van der Waals surface area contributed by atoms with Crippen molar-refractivity contribution in [2.45, 2.75) is 18.8 Å². The Labute approximate surface area is 134 Å². The Morgan fingerprint density at radius 1 is 1.04 bits per heavy atom. The molecule has 3 heteroatoms.